The van der Waals surface area contributed by atoms with Gasteiger partial charge in [-0.1, -0.05) is 20.8 Å². The van der Waals surface area contributed by atoms with Gasteiger partial charge in [-0.2, -0.15) is 0 Å². The van der Waals surface area contributed by atoms with Crippen molar-refractivity contribution in [1.29, 1.82) is 0 Å². The highest BCUT2D eigenvalue weighted by atomic mass is 19.1. The number of rotatable bonds is 2. The third kappa shape index (κ3) is 1.73. The topological polar surface area (TPSA) is 12.0 Å². The maximum atomic E-state index is 13.8. The Hall–Kier alpha value is -0.960. The van der Waals surface area contributed by atoms with E-state index in [1.165, 1.54) is 6.07 Å². The fraction of sp³-hybridized carbons (Fsp3) is 0.538. The molecule has 0 amide bonds. The van der Waals surface area contributed by atoms with Crippen LogP contribution in [0.3, 0.4) is 0 Å². The number of hydrogen-bond acceptors (Lipinski definition) is 1. The van der Waals surface area contributed by atoms with Crippen molar-refractivity contribution in [3.63, 3.8) is 0 Å². The molecule has 1 unspecified atom stereocenters. The molecule has 1 nitrogen and oxygen atoms in total. The van der Waals surface area contributed by atoms with Crippen molar-refractivity contribution in [2.45, 2.75) is 38.6 Å². The second-order valence-corrected chi connectivity index (χ2v) is 5.05. The van der Waals surface area contributed by atoms with Gasteiger partial charge in [-0.25, -0.2) is 8.78 Å². The molecular weight excluding hydrogens is 208 g/mol. The van der Waals surface area contributed by atoms with E-state index in [4.69, 9.17) is 0 Å². The van der Waals surface area contributed by atoms with E-state index in [9.17, 15) is 8.78 Å². The summed E-state index contributed by atoms with van der Waals surface area (Å²) in [5, 5.41) is 3.28. The predicted octanol–water partition coefficient (Wildman–Crippen LogP) is 3.30. The van der Waals surface area contributed by atoms with Crippen molar-refractivity contribution < 1.29 is 8.78 Å². The van der Waals surface area contributed by atoms with Gasteiger partial charge in [0.2, 0.25) is 0 Å². The van der Waals surface area contributed by atoms with Gasteiger partial charge in [0.15, 0.2) is 0 Å². The first-order valence-electron chi connectivity index (χ1n) is 5.68. The molecule has 2 rings (SSSR count). The smallest absolute Gasteiger partial charge is 0.130 e. The van der Waals surface area contributed by atoms with Gasteiger partial charge < -0.3 is 5.32 Å². The van der Waals surface area contributed by atoms with Gasteiger partial charge in [-0.05, 0) is 35.6 Å². The molecule has 16 heavy (non-hydrogen) atoms. The van der Waals surface area contributed by atoms with E-state index in [2.05, 4.69) is 5.32 Å². The van der Waals surface area contributed by atoms with Gasteiger partial charge in [-0.15, -0.1) is 0 Å². The highest BCUT2D eigenvalue weighted by Crippen LogP contribution is 2.45. The summed E-state index contributed by atoms with van der Waals surface area (Å²) in [5.41, 5.74) is 1.23. The molecule has 1 N–H and O–H groups in total. The van der Waals surface area contributed by atoms with Crippen LogP contribution < -0.4 is 5.32 Å². The molecular formula is C13H17F2N. The number of nitrogens with one attached hydrogen (secondary N) is 1. The van der Waals surface area contributed by atoms with Crippen molar-refractivity contribution in [2.75, 3.05) is 6.54 Å². The molecule has 0 fully saturated rings. The summed E-state index contributed by atoms with van der Waals surface area (Å²) in [6.45, 7) is 6.81. The maximum absolute atomic E-state index is 13.8. The first kappa shape index (κ1) is 11.5. The Morgan fingerprint density at radius 2 is 2.06 bits per heavy atom. The fourth-order valence-electron chi connectivity index (χ4n) is 2.73. The van der Waals surface area contributed by atoms with Crippen LogP contribution in [0.4, 0.5) is 8.78 Å². The summed E-state index contributed by atoms with van der Waals surface area (Å²) in [5.74, 6) is -0.905. The van der Waals surface area contributed by atoms with E-state index in [-0.39, 0.29) is 11.5 Å². The summed E-state index contributed by atoms with van der Waals surface area (Å²) < 4.78 is 27.0. The van der Waals surface area contributed by atoms with Crippen LogP contribution in [0.25, 0.3) is 0 Å². The second kappa shape index (κ2) is 3.81. The SMILES string of the molecule is CCNC1CC(C)(C)c2c(F)cc(F)cc21. The van der Waals surface area contributed by atoms with E-state index in [0.29, 0.717) is 5.56 Å². The fourth-order valence-corrected chi connectivity index (χ4v) is 2.73. The second-order valence-electron chi connectivity index (χ2n) is 5.05. The quantitative estimate of drug-likeness (QED) is 0.814. The molecule has 0 heterocycles. The third-order valence-corrected chi connectivity index (χ3v) is 3.30. The predicted molar refractivity (Wildman–Crippen MR) is 60.4 cm³/mol. The minimum atomic E-state index is -0.489. The molecule has 0 aliphatic heterocycles. The summed E-state index contributed by atoms with van der Waals surface area (Å²) in [6.07, 6.45) is 0.816. The Bertz CT molecular complexity index is 413. The molecule has 0 radical (unpaired) electrons. The molecule has 1 aliphatic rings. The first-order valence-corrected chi connectivity index (χ1v) is 5.68. The summed E-state index contributed by atoms with van der Waals surface area (Å²) in [6, 6.07) is 2.51. The molecule has 0 aromatic heterocycles. The van der Waals surface area contributed by atoms with Crippen molar-refractivity contribution >= 4 is 0 Å². The summed E-state index contributed by atoms with van der Waals surface area (Å²) in [4.78, 5) is 0. The van der Waals surface area contributed by atoms with Crippen LogP contribution in [-0.4, -0.2) is 6.54 Å². The van der Waals surface area contributed by atoms with Crippen LogP contribution in [0.2, 0.25) is 0 Å². The van der Waals surface area contributed by atoms with Gasteiger partial charge in [-0.3, -0.25) is 0 Å². The molecule has 3 heteroatoms. The van der Waals surface area contributed by atoms with Crippen molar-refractivity contribution in [3.8, 4) is 0 Å². The first-order chi connectivity index (χ1) is 7.45. The van der Waals surface area contributed by atoms with Gasteiger partial charge in [0, 0.05) is 12.1 Å². The zero-order valence-electron chi connectivity index (χ0n) is 9.90. The lowest BCUT2D eigenvalue weighted by Crippen LogP contribution is -2.20. The zero-order chi connectivity index (χ0) is 11.9. The minimum absolute atomic E-state index is 0.0696. The van der Waals surface area contributed by atoms with Crippen LogP contribution >= 0.6 is 0 Å². The lowest BCUT2D eigenvalue weighted by molar-refractivity contribution is 0.424. The Morgan fingerprint density at radius 1 is 1.38 bits per heavy atom. The highest BCUT2D eigenvalue weighted by molar-refractivity contribution is 5.42. The van der Waals surface area contributed by atoms with E-state index in [1.807, 2.05) is 20.8 Å². The normalized spacial score (nSPS) is 22.2. The molecule has 1 aliphatic carbocycles. The van der Waals surface area contributed by atoms with Crippen molar-refractivity contribution in [2.24, 2.45) is 0 Å². The van der Waals surface area contributed by atoms with Gasteiger partial charge in [0.05, 0.1) is 0 Å². The molecule has 1 aromatic carbocycles. The molecule has 0 saturated heterocycles. The molecule has 88 valence electrons. The molecule has 1 aromatic rings. The standard InChI is InChI=1S/C13H17F2N/c1-4-16-11-7-13(2,3)12-9(11)5-8(14)6-10(12)15/h5-6,11,16H,4,7H2,1-3H3. The lowest BCUT2D eigenvalue weighted by Gasteiger charge is -2.19. The largest absolute Gasteiger partial charge is 0.310 e. The molecule has 0 bridgehead atoms. The Kier molecular flexibility index (Phi) is 2.74. The summed E-state index contributed by atoms with van der Waals surface area (Å²) in [7, 11) is 0. The number of benzene rings is 1. The van der Waals surface area contributed by atoms with Crippen LogP contribution in [0.5, 0.6) is 0 Å². The minimum Gasteiger partial charge on any atom is -0.310 e. The van der Waals surface area contributed by atoms with E-state index >= 15 is 0 Å². The Morgan fingerprint density at radius 3 is 2.69 bits per heavy atom. The molecule has 1 atom stereocenters. The van der Waals surface area contributed by atoms with Gasteiger partial charge in [0.1, 0.15) is 11.6 Å². The maximum Gasteiger partial charge on any atom is 0.130 e. The number of hydrogen-bond donors (Lipinski definition) is 1. The Labute approximate surface area is 94.9 Å². The van der Waals surface area contributed by atoms with Crippen LogP contribution in [-0.2, 0) is 5.41 Å². The number of fused-ring (bicyclic) bond motifs is 1. The van der Waals surface area contributed by atoms with Crippen molar-refractivity contribution in [3.05, 3.63) is 34.9 Å². The average molecular weight is 225 g/mol. The van der Waals surface area contributed by atoms with Crippen LogP contribution in [0.1, 0.15) is 44.4 Å². The van der Waals surface area contributed by atoms with Crippen LogP contribution in [0, 0.1) is 11.6 Å². The Balaban J connectivity index is 2.54. The van der Waals surface area contributed by atoms with Crippen LogP contribution in [0.15, 0.2) is 12.1 Å². The van der Waals surface area contributed by atoms with Gasteiger partial charge >= 0.3 is 0 Å². The van der Waals surface area contributed by atoms with Gasteiger partial charge in [0.25, 0.3) is 0 Å². The number of halogens is 2. The summed E-state index contributed by atoms with van der Waals surface area (Å²) >= 11 is 0. The lowest BCUT2D eigenvalue weighted by atomic mass is 9.86. The zero-order valence-corrected chi connectivity index (χ0v) is 9.90. The molecule has 0 spiro atoms. The monoisotopic (exact) mass is 225 g/mol. The van der Waals surface area contributed by atoms with E-state index in [0.717, 1.165) is 24.6 Å². The van der Waals surface area contributed by atoms with Crippen molar-refractivity contribution in [1.82, 2.24) is 5.32 Å². The van der Waals surface area contributed by atoms with E-state index < -0.39 is 11.6 Å². The average Bonchev–Trinajstić information content (AvgIpc) is 2.38. The van der Waals surface area contributed by atoms with E-state index in [1.54, 1.807) is 0 Å². The highest BCUT2D eigenvalue weighted by Gasteiger charge is 2.39. The third-order valence-electron chi connectivity index (χ3n) is 3.30. The molecule has 0 saturated carbocycles.